The van der Waals surface area contributed by atoms with Gasteiger partial charge in [-0.15, -0.1) is 0 Å². The van der Waals surface area contributed by atoms with Crippen LogP contribution in [-0.2, 0) is 11.2 Å². The van der Waals surface area contributed by atoms with Gasteiger partial charge in [0.1, 0.15) is 11.6 Å². The molecule has 2 aromatic carbocycles. The van der Waals surface area contributed by atoms with Crippen molar-refractivity contribution in [1.82, 2.24) is 5.32 Å². The van der Waals surface area contributed by atoms with Gasteiger partial charge in [0.2, 0.25) is 5.91 Å². The average molecular weight is 369 g/mol. The first-order chi connectivity index (χ1) is 13.0. The van der Waals surface area contributed by atoms with Crippen molar-refractivity contribution >= 4 is 5.91 Å². The first kappa shape index (κ1) is 19.4. The van der Waals surface area contributed by atoms with E-state index in [0.29, 0.717) is 13.0 Å². The Hall–Kier alpha value is -2.36. The van der Waals surface area contributed by atoms with Crippen LogP contribution < -0.4 is 10.1 Å². The third kappa shape index (κ3) is 5.56. The Bertz CT molecular complexity index is 782. The molecular weight excluding hydrogens is 341 g/mol. The van der Waals surface area contributed by atoms with Crippen LogP contribution in [0.4, 0.5) is 4.39 Å². The second-order valence-electron chi connectivity index (χ2n) is 7.56. The molecule has 0 bridgehead atoms. The van der Waals surface area contributed by atoms with Crippen LogP contribution >= 0.6 is 0 Å². The van der Waals surface area contributed by atoms with Gasteiger partial charge in [0.15, 0.2) is 0 Å². The predicted molar refractivity (Wildman–Crippen MR) is 106 cm³/mol. The third-order valence-corrected chi connectivity index (χ3v) is 5.25. The minimum absolute atomic E-state index is 0.0474. The maximum absolute atomic E-state index is 13.8. The van der Waals surface area contributed by atoms with Crippen molar-refractivity contribution in [3.63, 3.8) is 0 Å². The van der Waals surface area contributed by atoms with E-state index in [-0.39, 0.29) is 17.8 Å². The van der Waals surface area contributed by atoms with Crippen molar-refractivity contribution in [1.29, 1.82) is 0 Å². The van der Waals surface area contributed by atoms with Gasteiger partial charge < -0.3 is 10.1 Å². The Morgan fingerprint density at radius 2 is 1.93 bits per heavy atom. The molecule has 0 atom stereocenters. The zero-order valence-corrected chi connectivity index (χ0v) is 16.1. The lowest BCUT2D eigenvalue weighted by Gasteiger charge is -2.27. The van der Waals surface area contributed by atoms with Crippen LogP contribution in [0.3, 0.4) is 0 Å². The Kier molecular flexibility index (Phi) is 6.49. The van der Waals surface area contributed by atoms with E-state index in [1.54, 1.807) is 12.1 Å². The fourth-order valence-corrected chi connectivity index (χ4v) is 3.68. The lowest BCUT2D eigenvalue weighted by molar-refractivity contribution is -0.118. The normalized spacial score (nSPS) is 19.5. The van der Waals surface area contributed by atoms with Gasteiger partial charge in [0.25, 0.3) is 0 Å². The maximum Gasteiger partial charge on any atom is 0.216 e. The van der Waals surface area contributed by atoms with Crippen LogP contribution in [0.25, 0.3) is 11.1 Å². The lowest BCUT2D eigenvalue weighted by Crippen LogP contribution is -2.23. The Labute approximate surface area is 160 Å². The van der Waals surface area contributed by atoms with Gasteiger partial charge >= 0.3 is 0 Å². The molecule has 144 valence electrons. The van der Waals surface area contributed by atoms with E-state index >= 15 is 0 Å². The molecule has 2 aromatic rings. The fraction of sp³-hybridized carbons (Fsp3) is 0.435. The summed E-state index contributed by atoms with van der Waals surface area (Å²) in [7, 11) is 0. The van der Waals surface area contributed by atoms with Crippen LogP contribution in [0.15, 0.2) is 42.5 Å². The van der Waals surface area contributed by atoms with Crippen LogP contribution in [0.5, 0.6) is 5.75 Å². The minimum atomic E-state index is -0.257. The summed E-state index contributed by atoms with van der Waals surface area (Å²) in [6.45, 7) is 4.36. The molecule has 1 fully saturated rings. The number of halogens is 1. The Morgan fingerprint density at radius 3 is 2.63 bits per heavy atom. The lowest BCUT2D eigenvalue weighted by atomic mass is 9.89. The molecule has 0 radical (unpaired) electrons. The van der Waals surface area contributed by atoms with E-state index in [4.69, 9.17) is 4.74 Å². The maximum atomic E-state index is 13.8. The van der Waals surface area contributed by atoms with Gasteiger partial charge in [0.05, 0.1) is 6.10 Å². The van der Waals surface area contributed by atoms with Gasteiger partial charge in [-0.25, -0.2) is 4.39 Å². The molecule has 0 unspecified atom stereocenters. The van der Waals surface area contributed by atoms with Gasteiger partial charge in [-0.05, 0) is 79.0 Å². The molecule has 0 spiro atoms. The minimum Gasteiger partial charge on any atom is -0.490 e. The van der Waals surface area contributed by atoms with E-state index in [2.05, 4.69) is 12.2 Å². The molecule has 0 aliphatic heterocycles. The van der Waals surface area contributed by atoms with Gasteiger partial charge in [-0.3, -0.25) is 4.79 Å². The SMILES string of the molecule is CC(=O)NCCc1ccc(OC2CCC(C)CC2)cc1-c1cccc(F)c1. The summed E-state index contributed by atoms with van der Waals surface area (Å²) in [6, 6.07) is 12.7. The zero-order chi connectivity index (χ0) is 19.2. The number of rotatable bonds is 6. The second-order valence-corrected chi connectivity index (χ2v) is 7.56. The van der Waals surface area contributed by atoms with Crippen molar-refractivity contribution in [3.8, 4) is 16.9 Å². The van der Waals surface area contributed by atoms with Crippen LogP contribution in [0.1, 0.15) is 45.1 Å². The van der Waals surface area contributed by atoms with Crippen molar-refractivity contribution in [2.75, 3.05) is 6.54 Å². The Morgan fingerprint density at radius 1 is 1.15 bits per heavy atom. The largest absolute Gasteiger partial charge is 0.490 e. The zero-order valence-electron chi connectivity index (χ0n) is 16.1. The van der Waals surface area contributed by atoms with Crippen LogP contribution in [-0.4, -0.2) is 18.6 Å². The highest BCUT2D eigenvalue weighted by Crippen LogP contribution is 2.32. The molecule has 0 aromatic heterocycles. The number of hydrogen-bond donors (Lipinski definition) is 1. The van der Waals surface area contributed by atoms with Crippen molar-refractivity contribution < 1.29 is 13.9 Å². The van der Waals surface area contributed by atoms with Crippen LogP contribution in [0.2, 0.25) is 0 Å². The molecule has 0 saturated heterocycles. The summed E-state index contributed by atoms with van der Waals surface area (Å²) in [5, 5.41) is 2.82. The van der Waals surface area contributed by atoms with Gasteiger partial charge in [0, 0.05) is 13.5 Å². The predicted octanol–water partition coefficient (Wildman–Crippen LogP) is 5.13. The van der Waals surface area contributed by atoms with Gasteiger partial charge in [-0.2, -0.15) is 0 Å². The van der Waals surface area contributed by atoms with E-state index in [0.717, 1.165) is 41.2 Å². The summed E-state index contributed by atoms with van der Waals surface area (Å²) in [4.78, 5) is 11.2. The monoisotopic (exact) mass is 369 g/mol. The van der Waals surface area contributed by atoms with E-state index < -0.39 is 0 Å². The van der Waals surface area contributed by atoms with Crippen molar-refractivity contribution in [3.05, 3.63) is 53.8 Å². The number of hydrogen-bond acceptors (Lipinski definition) is 2. The molecule has 3 nitrogen and oxygen atoms in total. The summed E-state index contributed by atoms with van der Waals surface area (Å²) >= 11 is 0. The molecule has 27 heavy (non-hydrogen) atoms. The Balaban J connectivity index is 1.82. The van der Waals surface area contributed by atoms with Crippen molar-refractivity contribution in [2.45, 2.75) is 52.1 Å². The van der Waals surface area contributed by atoms with E-state index in [1.807, 2.05) is 24.3 Å². The molecule has 4 heteroatoms. The van der Waals surface area contributed by atoms with Crippen molar-refractivity contribution in [2.24, 2.45) is 5.92 Å². The molecule has 1 N–H and O–H groups in total. The highest BCUT2D eigenvalue weighted by atomic mass is 19.1. The highest BCUT2D eigenvalue weighted by Gasteiger charge is 2.20. The summed E-state index contributed by atoms with van der Waals surface area (Å²) in [5.41, 5.74) is 2.86. The number of nitrogens with one attached hydrogen (secondary N) is 1. The van der Waals surface area contributed by atoms with Gasteiger partial charge in [-0.1, -0.05) is 25.1 Å². The molecule has 0 heterocycles. The summed E-state index contributed by atoms with van der Waals surface area (Å²) in [6.07, 6.45) is 5.52. The number of benzene rings is 2. The number of carbonyl (C=O) groups excluding carboxylic acids is 1. The first-order valence-electron chi connectivity index (χ1n) is 9.81. The number of ether oxygens (including phenoxy) is 1. The second kappa shape index (κ2) is 9.03. The number of amides is 1. The molecule has 1 aliphatic carbocycles. The summed E-state index contributed by atoms with van der Waals surface area (Å²) < 4.78 is 20.0. The fourth-order valence-electron chi connectivity index (χ4n) is 3.68. The third-order valence-electron chi connectivity index (χ3n) is 5.25. The topological polar surface area (TPSA) is 38.3 Å². The molecule has 1 saturated carbocycles. The molecule has 1 aliphatic rings. The highest BCUT2D eigenvalue weighted by molar-refractivity contribution is 5.73. The van der Waals surface area contributed by atoms with E-state index in [9.17, 15) is 9.18 Å². The number of carbonyl (C=O) groups is 1. The molecule has 3 rings (SSSR count). The summed E-state index contributed by atoms with van der Waals surface area (Å²) in [5.74, 6) is 1.31. The first-order valence-corrected chi connectivity index (χ1v) is 9.81. The van der Waals surface area contributed by atoms with E-state index in [1.165, 1.54) is 25.8 Å². The standard InChI is InChI=1S/C23H28FNO2/c1-16-6-9-21(10-7-16)27-22-11-8-18(12-13-25-17(2)26)23(15-22)19-4-3-5-20(24)14-19/h3-5,8,11,14-16,21H,6-7,9-10,12-13H2,1-2H3,(H,25,26). The van der Waals surface area contributed by atoms with Crippen LogP contribution in [0, 0.1) is 11.7 Å². The smallest absolute Gasteiger partial charge is 0.216 e. The molecule has 1 amide bonds. The average Bonchev–Trinajstić information content (AvgIpc) is 2.64. The molecular formula is C23H28FNO2. The quantitative estimate of drug-likeness (QED) is 0.767.